The minimum atomic E-state index is -0.432. The van der Waals surface area contributed by atoms with Gasteiger partial charge >= 0.3 is 6.03 Å². The van der Waals surface area contributed by atoms with Crippen LogP contribution in [0.2, 0.25) is 5.15 Å². The van der Waals surface area contributed by atoms with Crippen molar-refractivity contribution < 1.29 is 14.7 Å². The van der Waals surface area contributed by atoms with Crippen LogP contribution < -0.4 is 10.6 Å². The van der Waals surface area contributed by atoms with Gasteiger partial charge in [-0.15, -0.1) is 0 Å². The van der Waals surface area contributed by atoms with Gasteiger partial charge in [-0.1, -0.05) is 24.9 Å². The Morgan fingerprint density at radius 3 is 2.70 bits per heavy atom. The number of hydrogen-bond acceptors (Lipinski definition) is 5. The molecule has 0 radical (unpaired) electrons. The van der Waals surface area contributed by atoms with Crippen LogP contribution in [-0.2, 0) is 0 Å². The van der Waals surface area contributed by atoms with Crippen molar-refractivity contribution in [1.82, 2.24) is 20.1 Å². The summed E-state index contributed by atoms with van der Waals surface area (Å²) >= 11 is 5.98. The van der Waals surface area contributed by atoms with Crippen molar-refractivity contribution in [3.8, 4) is 17.0 Å². The number of rotatable bonds is 6. The van der Waals surface area contributed by atoms with Crippen LogP contribution in [0.4, 0.5) is 10.5 Å². The molecule has 3 N–H and O–H groups in total. The van der Waals surface area contributed by atoms with Gasteiger partial charge in [0.05, 0.1) is 17.0 Å². The Morgan fingerprint density at radius 2 is 2.06 bits per heavy atom. The molecule has 33 heavy (non-hydrogen) atoms. The van der Waals surface area contributed by atoms with E-state index in [0.29, 0.717) is 16.9 Å². The lowest BCUT2D eigenvalue weighted by atomic mass is 9.82. The molecule has 1 unspecified atom stereocenters. The second-order valence-corrected chi connectivity index (χ2v) is 8.64. The number of pyridine rings is 1. The first-order valence-electron chi connectivity index (χ1n) is 11.0. The first-order chi connectivity index (χ1) is 15.9. The Balaban J connectivity index is 1.59. The number of carbonyl (C=O) groups excluding carboxylic acids is 2. The molecule has 9 heteroatoms. The molecule has 172 valence electrons. The summed E-state index contributed by atoms with van der Waals surface area (Å²) in [6.07, 6.45) is 5.46. The number of hydrogen-bond donors (Lipinski definition) is 3. The third-order valence-corrected chi connectivity index (χ3v) is 6.27. The molecule has 4 rings (SSSR count). The highest BCUT2D eigenvalue weighted by atomic mass is 35.5. The van der Waals surface area contributed by atoms with E-state index in [4.69, 9.17) is 11.6 Å². The second kappa shape index (κ2) is 9.62. The first-order valence-corrected chi connectivity index (χ1v) is 11.4. The molecule has 2 aromatic heterocycles. The predicted octanol–water partition coefficient (Wildman–Crippen LogP) is 5.18. The number of anilines is 1. The van der Waals surface area contributed by atoms with Crippen LogP contribution in [-0.4, -0.2) is 37.9 Å². The molecular formula is C24H26ClN5O3. The van der Waals surface area contributed by atoms with Gasteiger partial charge in [0.2, 0.25) is 0 Å². The fourth-order valence-corrected chi connectivity index (χ4v) is 3.84. The van der Waals surface area contributed by atoms with Crippen LogP contribution in [0.1, 0.15) is 61.5 Å². The quantitative estimate of drug-likeness (QED) is 0.433. The standard InChI is InChI=1S/C24H26ClN5O3/c1-3-14(2)27-24(33)30-20(15-6-4-7-15)13-19(29-30)17-10-9-16(12-21(17)31)28-23(32)18-8-5-11-26-22(18)25/h5,8-15,31H,3-4,6-7H2,1-2H3,(H,27,33)(H,28,32). The Bertz CT molecular complexity index is 1190. The van der Waals surface area contributed by atoms with E-state index in [1.807, 2.05) is 19.9 Å². The van der Waals surface area contributed by atoms with Crippen molar-refractivity contribution in [2.45, 2.75) is 51.5 Å². The molecule has 8 nitrogen and oxygen atoms in total. The van der Waals surface area contributed by atoms with E-state index < -0.39 is 5.91 Å². The van der Waals surface area contributed by atoms with Crippen molar-refractivity contribution in [3.63, 3.8) is 0 Å². The smallest absolute Gasteiger partial charge is 0.342 e. The van der Waals surface area contributed by atoms with Crippen molar-refractivity contribution >= 4 is 29.2 Å². The Hall–Kier alpha value is -3.39. The molecule has 1 aliphatic carbocycles. The molecule has 1 saturated carbocycles. The number of amides is 2. The van der Waals surface area contributed by atoms with E-state index in [1.54, 1.807) is 24.3 Å². The summed E-state index contributed by atoms with van der Waals surface area (Å²) in [5, 5.41) is 20.9. The Kier molecular flexibility index (Phi) is 6.65. The summed E-state index contributed by atoms with van der Waals surface area (Å²) in [5.41, 5.74) is 2.46. The number of nitrogens with zero attached hydrogens (tertiary/aromatic N) is 3. The first kappa shape index (κ1) is 22.8. The van der Waals surface area contributed by atoms with Gasteiger partial charge in [-0.3, -0.25) is 4.79 Å². The zero-order valence-electron chi connectivity index (χ0n) is 18.5. The van der Waals surface area contributed by atoms with Gasteiger partial charge in [0.15, 0.2) is 0 Å². The van der Waals surface area contributed by atoms with Crippen molar-refractivity contribution in [1.29, 1.82) is 0 Å². The van der Waals surface area contributed by atoms with Crippen LogP contribution in [0.25, 0.3) is 11.3 Å². The lowest BCUT2D eigenvalue weighted by Crippen LogP contribution is -2.37. The topological polar surface area (TPSA) is 109 Å². The van der Waals surface area contributed by atoms with Crippen molar-refractivity contribution in [2.24, 2.45) is 0 Å². The third-order valence-electron chi connectivity index (χ3n) is 5.97. The number of phenols is 1. The lowest BCUT2D eigenvalue weighted by Gasteiger charge is -2.25. The van der Waals surface area contributed by atoms with E-state index in [1.165, 1.54) is 16.9 Å². The molecule has 3 aromatic rings. The normalized spacial score (nSPS) is 14.4. The SMILES string of the molecule is CCC(C)NC(=O)n1nc(-c2ccc(NC(=O)c3cccnc3Cl)cc2O)cc1C1CCC1. The van der Waals surface area contributed by atoms with Crippen LogP contribution in [0.15, 0.2) is 42.6 Å². The molecule has 1 aliphatic rings. The van der Waals surface area contributed by atoms with E-state index in [9.17, 15) is 14.7 Å². The lowest BCUT2D eigenvalue weighted by molar-refractivity contribution is 0.102. The minimum absolute atomic E-state index is 0.0315. The zero-order chi connectivity index (χ0) is 23.5. The van der Waals surface area contributed by atoms with E-state index in [-0.39, 0.29) is 34.5 Å². The van der Waals surface area contributed by atoms with Gasteiger partial charge in [0, 0.05) is 35.5 Å². The highest BCUT2D eigenvalue weighted by molar-refractivity contribution is 6.33. The van der Waals surface area contributed by atoms with Crippen molar-refractivity contribution in [3.05, 3.63) is 59.0 Å². The van der Waals surface area contributed by atoms with Gasteiger partial charge in [-0.05, 0) is 56.5 Å². The molecule has 0 aliphatic heterocycles. The second-order valence-electron chi connectivity index (χ2n) is 8.28. The number of phenolic OH excluding ortho intramolecular Hbond substituents is 1. The molecule has 1 fully saturated rings. The number of aromatic nitrogens is 3. The maximum atomic E-state index is 12.8. The molecule has 0 bridgehead atoms. The van der Waals surface area contributed by atoms with Gasteiger partial charge < -0.3 is 15.7 Å². The van der Waals surface area contributed by atoms with E-state index >= 15 is 0 Å². The minimum Gasteiger partial charge on any atom is -0.507 e. The van der Waals surface area contributed by atoms with E-state index in [2.05, 4.69) is 20.7 Å². The average Bonchev–Trinajstić information content (AvgIpc) is 3.17. The van der Waals surface area contributed by atoms with Crippen LogP contribution in [0.5, 0.6) is 5.75 Å². The fourth-order valence-electron chi connectivity index (χ4n) is 3.64. The van der Waals surface area contributed by atoms with Gasteiger partial charge in [0.1, 0.15) is 10.9 Å². The van der Waals surface area contributed by atoms with Crippen LogP contribution >= 0.6 is 11.6 Å². The van der Waals surface area contributed by atoms with Gasteiger partial charge in [-0.2, -0.15) is 9.78 Å². The number of nitrogens with one attached hydrogen (secondary N) is 2. The maximum absolute atomic E-state index is 12.8. The average molecular weight is 468 g/mol. The Morgan fingerprint density at radius 1 is 1.27 bits per heavy atom. The summed E-state index contributed by atoms with van der Waals surface area (Å²) in [5.74, 6) is -0.213. The fraction of sp³-hybridized carbons (Fsp3) is 0.333. The summed E-state index contributed by atoms with van der Waals surface area (Å²) < 4.78 is 1.42. The van der Waals surface area contributed by atoms with Crippen molar-refractivity contribution in [2.75, 3.05) is 5.32 Å². The molecular weight excluding hydrogens is 442 g/mol. The highest BCUT2D eigenvalue weighted by Crippen LogP contribution is 2.39. The summed E-state index contributed by atoms with van der Waals surface area (Å²) in [6.45, 7) is 3.95. The van der Waals surface area contributed by atoms with Crippen LogP contribution in [0, 0.1) is 0 Å². The van der Waals surface area contributed by atoms with E-state index in [0.717, 1.165) is 31.4 Å². The number of halogens is 1. The molecule has 1 atom stereocenters. The largest absolute Gasteiger partial charge is 0.507 e. The Labute approximate surface area is 197 Å². The van der Waals surface area contributed by atoms with Gasteiger partial charge in [0.25, 0.3) is 5.91 Å². The number of benzene rings is 1. The number of aromatic hydroxyl groups is 1. The molecule has 2 heterocycles. The zero-order valence-corrected chi connectivity index (χ0v) is 19.3. The third kappa shape index (κ3) is 4.85. The summed E-state index contributed by atoms with van der Waals surface area (Å²) in [6, 6.07) is 9.59. The molecule has 2 amide bonds. The monoisotopic (exact) mass is 467 g/mol. The maximum Gasteiger partial charge on any atom is 0.342 e. The summed E-state index contributed by atoms with van der Waals surface area (Å²) in [4.78, 5) is 29.2. The summed E-state index contributed by atoms with van der Waals surface area (Å²) in [7, 11) is 0. The predicted molar refractivity (Wildman–Crippen MR) is 127 cm³/mol. The molecule has 0 saturated heterocycles. The van der Waals surface area contributed by atoms with Gasteiger partial charge in [-0.25, -0.2) is 9.78 Å². The van der Waals surface area contributed by atoms with Crippen LogP contribution in [0.3, 0.4) is 0 Å². The number of carbonyl (C=O) groups is 2. The molecule has 1 aromatic carbocycles. The highest BCUT2D eigenvalue weighted by Gasteiger charge is 2.28. The molecule has 0 spiro atoms.